The van der Waals surface area contributed by atoms with Crippen molar-refractivity contribution >= 4 is 11.3 Å². The molecule has 1 heterocycles. The van der Waals surface area contributed by atoms with Gasteiger partial charge in [0.15, 0.2) is 0 Å². The van der Waals surface area contributed by atoms with Gasteiger partial charge in [-0.3, -0.25) is 0 Å². The van der Waals surface area contributed by atoms with Crippen molar-refractivity contribution < 1.29 is 0 Å². The SMILES string of the molecule is NCC(NCc1cccs1)C1CC1. The van der Waals surface area contributed by atoms with Crippen LogP contribution < -0.4 is 11.1 Å². The summed E-state index contributed by atoms with van der Waals surface area (Å²) in [6.07, 6.45) is 2.72. The topological polar surface area (TPSA) is 38.0 Å². The molecule has 0 spiro atoms. The van der Waals surface area contributed by atoms with Crippen molar-refractivity contribution in [2.45, 2.75) is 25.4 Å². The van der Waals surface area contributed by atoms with Crippen LogP contribution in [0.2, 0.25) is 0 Å². The van der Waals surface area contributed by atoms with Crippen molar-refractivity contribution in [1.29, 1.82) is 0 Å². The summed E-state index contributed by atoms with van der Waals surface area (Å²) in [5.74, 6) is 0.852. The van der Waals surface area contributed by atoms with E-state index in [9.17, 15) is 0 Å². The maximum absolute atomic E-state index is 5.69. The van der Waals surface area contributed by atoms with Crippen LogP contribution >= 0.6 is 11.3 Å². The Morgan fingerprint density at radius 1 is 1.62 bits per heavy atom. The first-order valence-corrected chi connectivity index (χ1v) is 5.74. The molecule has 3 N–H and O–H groups in total. The molecule has 0 aliphatic heterocycles. The van der Waals surface area contributed by atoms with Crippen LogP contribution in [-0.2, 0) is 6.54 Å². The highest BCUT2D eigenvalue weighted by molar-refractivity contribution is 7.09. The van der Waals surface area contributed by atoms with E-state index < -0.39 is 0 Å². The predicted octanol–water partition coefficient (Wildman–Crippen LogP) is 1.57. The largest absolute Gasteiger partial charge is 0.329 e. The molecule has 0 bridgehead atoms. The Labute approximate surface area is 83.1 Å². The molecule has 1 aliphatic carbocycles. The molecule has 1 saturated carbocycles. The van der Waals surface area contributed by atoms with Gasteiger partial charge in [-0.15, -0.1) is 11.3 Å². The van der Waals surface area contributed by atoms with E-state index >= 15 is 0 Å². The van der Waals surface area contributed by atoms with Gasteiger partial charge >= 0.3 is 0 Å². The summed E-state index contributed by atoms with van der Waals surface area (Å²) in [4.78, 5) is 1.40. The zero-order valence-electron chi connectivity index (χ0n) is 7.70. The van der Waals surface area contributed by atoms with E-state index in [1.165, 1.54) is 17.7 Å². The van der Waals surface area contributed by atoms with Gasteiger partial charge < -0.3 is 11.1 Å². The first-order chi connectivity index (χ1) is 6.40. The zero-order valence-corrected chi connectivity index (χ0v) is 8.52. The lowest BCUT2D eigenvalue weighted by Gasteiger charge is -2.14. The number of hydrogen-bond donors (Lipinski definition) is 2. The molecular formula is C10H16N2S. The summed E-state index contributed by atoms with van der Waals surface area (Å²) in [6, 6.07) is 4.80. The lowest BCUT2D eigenvalue weighted by Crippen LogP contribution is -2.37. The molecule has 1 unspecified atom stereocenters. The van der Waals surface area contributed by atoms with E-state index in [0.717, 1.165) is 19.0 Å². The Bertz CT molecular complexity index is 241. The second-order valence-corrected chi connectivity index (χ2v) is 4.67. The third kappa shape index (κ3) is 2.53. The minimum atomic E-state index is 0.544. The normalized spacial score (nSPS) is 18.8. The molecular weight excluding hydrogens is 180 g/mol. The van der Waals surface area contributed by atoms with Crippen LogP contribution in [0.15, 0.2) is 17.5 Å². The van der Waals surface area contributed by atoms with E-state index in [1.807, 2.05) is 0 Å². The summed E-state index contributed by atoms with van der Waals surface area (Å²) in [6.45, 7) is 1.76. The fourth-order valence-corrected chi connectivity index (χ4v) is 2.24. The molecule has 3 heteroatoms. The first kappa shape index (κ1) is 9.19. The first-order valence-electron chi connectivity index (χ1n) is 4.86. The lowest BCUT2D eigenvalue weighted by atomic mass is 10.2. The van der Waals surface area contributed by atoms with Crippen molar-refractivity contribution in [3.8, 4) is 0 Å². The number of hydrogen-bond acceptors (Lipinski definition) is 3. The number of rotatable bonds is 5. The number of nitrogens with one attached hydrogen (secondary N) is 1. The minimum absolute atomic E-state index is 0.544. The standard InChI is InChI=1S/C10H16N2S/c11-6-10(8-3-4-8)12-7-9-2-1-5-13-9/h1-2,5,8,10,12H,3-4,6-7,11H2. The van der Waals surface area contributed by atoms with E-state index in [4.69, 9.17) is 5.73 Å². The fourth-order valence-electron chi connectivity index (χ4n) is 1.59. The highest BCUT2D eigenvalue weighted by Crippen LogP contribution is 2.32. The number of thiophene rings is 1. The van der Waals surface area contributed by atoms with Gasteiger partial charge in [0.05, 0.1) is 0 Å². The highest BCUT2D eigenvalue weighted by Gasteiger charge is 2.29. The summed E-state index contributed by atoms with van der Waals surface area (Å²) >= 11 is 1.80. The molecule has 72 valence electrons. The van der Waals surface area contributed by atoms with Crippen LogP contribution in [0.5, 0.6) is 0 Å². The van der Waals surface area contributed by atoms with Gasteiger partial charge in [0, 0.05) is 24.0 Å². The third-order valence-corrected chi connectivity index (χ3v) is 3.44. The molecule has 0 amide bonds. The van der Waals surface area contributed by atoms with Crippen LogP contribution in [0, 0.1) is 5.92 Å². The van der Waals surface area contributed by atoms with Gasteiger partial charge in [-0.2, -0.15) is 0 Å². The Morgan fingerprint density at radius 3 is 3.00 bits per heavy atom. The maximum atomic E-state index is 5.69. The van der Waals surface area contributed by atoms with Gasteiger partial charge in [-0.25, -0.2) is 0 Å². The molecule has 1 fully saturated rings. The molecule has 1 atom stereocenters. The molecule has 0 saturated heterocycles. The van der Waals surface area contributed by atoms with E-state index in [-0.39, 0.29) is 0 Å². The monoisotopic (exact) mass is 196 g/mol. The van der Waals surface area contributed by atoms with Gasteiger partial charge in [-0.05, 0) is 30.2 Å². The molecule has 13 heavy (non-hydrogen) atoms. The molecule has 1 aliphatic rings. The van der Waals surface area contributed by atoms with Crippen LogP contribution in [0.4, 0.5) is 0 Å². The molecule has 2 nitrogen and oxygen atoms in total. The van der Waals surface area contributed by atoms with Crippen molar-refractivity contribution in [2.24, 2.45) is 11.7 Å². The van der Waals surface area contributed by atoms with Crippen molar-refractivity contribution in [2.75, 3.05) is 6.54 Å². The zero-order chi connectivity index (χ0) is 9.10. The average molecular weight is 196 g/mol. The van der Waals surface area contributed by atoms with Gasteiger partial charge in [0.1, 0.15) is 0 Å². The molecule has 0 aromatic carbocycles. The van der Waals surface area contributed by atoms with Gasteiger partial charge in [-0.1, -0.05) is 6.07 Å². The summed E-state index contributed by atoms with van der Waals surface area (Å²) in [5, 5.41) is 5.64. The summed E-state index contributed by atoms with van der Waals surface area (Å²) < 4.78 is 0. The van der Waals surface area contributed by atoms with E-state index in [2.05, 4.69) is 22.8 Å². The molecule has 1 aromatic rings. The number of nitrogens with two attached hydrogens (primary N) is 1. The third-order valence-electron chi connectivity index (χ3n) is 2.56. The van der Waals surface area contributed by atoms with Crippen LogP contribution in [0.3, 0.4) is 0 Å². The van der Waals surface area contributed by atoms with Crippen molar-refractivity contribution in [3.05, 3.63) is 22.4 Å². The second-order valence-electron chi connectivity index (χ2n) is 3.64. The van der Waals surface area contributed by atoms with Crippen LogP contribution in [-0.4, -0.2) is 12.6 Å². The Morgan fingerprint density at radius 2 is 2.46 bits per heavy atom. The van der Waals surface area contributed by atoms with E-state index in [0.29, 0.717) is 6.04 Å². The smallest absolute Gasteiger partial charge is 0.0302 e. The summed E-state index contributed by atoms with van der Waals surface area (Å²) in [7, 11) is 0. The van der Waals surface area contributed by atoms with Crippen molar-refractivity contribution in [1.82, 2.24) is 5.32 Å². The quantitative estimate of drug-likeness (QED) is 0.750. The molecule has 0 radical (unpaired) electrons. The molecule has 2 rings (SSSR count). The average Bonchev–Trinajstić information content (AvgIpc) is 2.84. The minimum Gasteiger partial charge on any atom is -0.329 e. The Hall–Kier alpha value is -0.380. The predicted molar refractivity (Wildman–Crippen MR) is 56.7 cm³/mol. The van der Waals surface area contributed by atoms with Crippen LogP contribution in [0.25, 0.3) is 0 Å². The van der Waals surface area contributed by atoms with Gasteiger partial charge in [0.25, 0.3) is 0 Å². The molecule has 1 aromatic heterocycles. The Balaban J connectivity index is 1.77. The lowest BCUT2D eigenvalue weighted by molar-refractivity contribution is 0.471. The van der Waals surface area contributed by atoms with Crippen molar-refractivity contribution in [3.63, 3.8) is 0 Å². The van der Waals surface area contributed by atoms with E-state index in [1.54, 1.807) is 11.3 Å². The maximum Gasteiger partial charge on any atom is 0.0302 e. The fraction of sp³-hybridized carbons (Fsp3) is 0.600. The second kappa shape index (κ2) is 4.22. The Kier molecular flexibility index (Phi) is 2.98. The van der Waals surface area contributed by atoms with Gasteiger partial charge in [0.2, 0.25) is 0 Å². The summed E-state index contributed by atoms with van der Waals surface area (Å²) in [5.41, 5.74) is 5.69. The highest BCUT2D eigenvalue weighted by atomic mass is 32.1. The van der Waals surface area contributed by atoms with Crippen LogP contribution in [0.1, 0.15) is 17.7 Å².